The van der Waals surface area contributed by atoms with E-state index in [2.05, 4.69) is 10.4 Å². The molecule has 0 spiro atoms. The standard InChI is InChI=1S/C24H26N4O4/c1-16-7-9-18(10-8-16)27-15-17(13-22(27)29)23(30)25-14-21-19-5-3-4-6-20(19)24(31)28(26-21)11-12-32-2/h3-10,17H,11-15H2,1-2H3,(H,25,30). The summed E-state index contributed by atoms with van der Waals surface area (Å²) in [5.74, 6) is -0.700. The van der Waals surface area contributed by atoms with E-state index in [0.29, 0.717) is 36.2 Å². The molecule has 1 N–H and O–H groups in total. The zero-order chi connectivity index (χ0) is 22.7. The summed E-state index contributed by atoms with van der Waals surface area (Å²) >= 11 is 0. The van der Waals surface area contributed by atoms with Crippen LogP contribution in [0.1, 0.15) is 17.7 Å². The molecule has 32 heavy (non-hydrogen) atoms. The van der Waals surface area contributed by atoms with Crippen LogP contribution in [0.2, 0.25) is 0 Å². The van der Waals surface area contributed by atoms with E-state index in [0.717, 1.165) is 11.3 Å². The molecular weight excluding hydrogens is 408 g/mol. The number of carbonyl (C=O) groups excluding carboxylic acids is 2. The van der Waals surface area contributed by atoms with E-state index in [4.69, 9.17) is 4.74 Å². The van der Waals surface area contributed by atoms with E-state index in [1.165, 1.54) is 4.68 Å². The number of nitrogens with zero attached hydrogens (tertiary/aromatic N) is 3. The van der Waals surface area contributed by atoms with Gasteiger partial charge in [0.2, 0.25) is 11.8 Å². The van der Waals surface area contributed by atoms with Crippen LogP contribution in [0.25, 0.3) is 10.8 Å². The smallest absolute Gasteiger partial charge is 0.274 e. The van der Waals surface area contributed by atoms with Crippen LogP contribution < -0.4 is 15.8 Å². The number of hydrogen-bond acceptors (Lipinski definition) is 5. The van der Waals surface area contributed by atoms with Gasteiger partial charge < -0.3 is 15.0 Å². The predicted molar refractivity (Wildman–Crippen MR) is 121 cm³/mol. The molecule has 1 unspecified atom stereocenters. The monoisotopic (exact) mass is 434 g/mol. The first-order chi connectivity index (χ1) is 15.5. The second-order valence-corrected chi connectivity index (χ2v) is 7.97. The molecule has 0 aliphatic carbocycles. The number of methoxy groups -OCH3 is 1. The summed E-state index contributed by atoms with van der Waals surface area (Å²) in [7, 11) is 1.57. The van der Waals surface area contributed by atoms with Crippen LogP contribution in [-0.2, 0) is 27.4 Å². The fourth-order valence-electron chi connectivity index (χ4n) is 3.94. The Morgan fingerprint density at radius 1 is 1.12 bits per heavy atom. The normalized spacial score (nSPS) is 16.0. The van der Waals surface area contributed by atoms with E-state index in [1.807, 2.05) is 43.3 Å². The van der Waals surface area contributed by atoms with Gasteiger partial charge in [-0.15, -0.1) is 0 Å². The first kappa shape index (κ1) is 21.7. The largest absolute Gasteiger partial charge is 0.383 e. The molecule has 1 aliphatic rings. The van der Waals surface area contributed by atoms with E-state index in [-0.39, 0.29) is 30.3 Å². The molecule has 1 fully saturated rings. The van der Waals surface area contributed by atoms with Crippen LogP contribution >= 0.6 is 0 Å². The Bertz CT molecular complexity index is 1200. The van der Waals surface area contributed by atoms with Gasteiger partial charge in [0.05, 0.1) is 36.7 Å². The lowest BCUT2D eigenvalue weighted by Crippen LogP contribution is -2.34. The third-order valence-electron chi connectivity index (χ3n) is 5.72. The highest BCUT2D eigenvalue weighted by Gasteiger charge is 2.35. The van der Waals surface area contributed by atoms with Gasteiger partial charge >= 0.3 is 0 Å². The number of aryl methyl sites for hydroxylation is 1. The first-order valence-corrected chi connectivity index (χ1v) is 10.6. The molecule has 0 radical (unpaired) electrons. The Morgan fingerprint density at radius 3 is 2.56 bits per heavy atom. The molecule has 8 nitrogen and oxygen atoms in total. The number of hydrogen-bond donors (Lipinski definition) is 1. The lowest BCUT2D eigenvalue weighted by molar-refractivity contribution is -0.126. The number of benzene rings is 2. The quantitative estimate of drug-likeness (QED) is 0.614. The van der Waals surface area contributed by atoms with Crippen LogP contribution in [0.5, 0.6) is 0 Å². The number of ether oxygens (including phenoxy) is 1. The molecule has 2 aromatic carbocycles. The maximum Gasteiger partial charge on any atom is 0.274 e. The van der Waals surface area contributed by atoms with Crippen LogP contribution in [0, 0.1) is 12.8 Å². The summed E-state index contributed by atoms with van der Waals surface area (Å²) in [6.07, 6.45) is 0.168. The molecule has 1 saturated heterocycles. The van der Waals surface area contributed by atoms with Crippen molar-refractivity contribution in [3.05, 3.63) is 70.1 Å². The zero-order valence-corrected chi connectivity index (χ0v) is 18.2. The SMILES string of the molecule is COCCn1nc(CNC(=O)C2CC(=O)N(c3ccc(C)cc3)C2)c2ccccc2c1=O. The highest BCUT2D eigenvalue weighted by molar-refractivity contribution is 6.00. The van der Waals surface area contributed by atoms with Gasteiger partial charge in [0.15, 0.2) is 0 Å². The van der Waals surface area contributed by atoms with Crippen LogP contribution in [0.4, 0.5) is 5.69 Å². The molecule has 2 amide bonds. The number of fused-ring (bicyclic) bond motifs is 1. The molecular formula is C24H26N4O4. The van der Waals surface area contributed by atoms with Crippen LogP contribution in [0.15, 0.2) is 53.3 Å². The van der Waals surface area contributed by atoms with Gasteiger partial charge in [-0.2, -0.15) is 5.10 Å². The average Bonchev–Trinajstić information content (AvgIpc) is 3.20. The minimum absolute atomic E-state index is 0.0642. The van der Waals surface area contributed by atoms with E-state index in [1.54, 1.807) is 24.1 Å². The number of aromatic nitrogens is 2. The van der Waals surface area contributed by atoms with Gasteiger partial charge in [0.25, 0.3) is 5.56 Å². The van der Waals surface area contributed by atoms with Crippen molar-refractivity contribution in [2.45, 2.75) is 26.4 Å². The molecule has 1 atom stereocenters. The summed E-state index contributed by atoms with van der Waals surface area (Å²) in [6, 6.07) is 14.9. The van der Waals surface area contributed by atoms with Gasteiger partial charge in [-0.3, -0.25) is 14.4 Å². The third kappa shape index (κ3) is 4.40. The summed E-state index contributed by atoms with van der Waals surface area (Å²) < 4.78 is 6.44. The molecule has 2 heterocycles. The minimum atomic E-state index is -0.436. The summed E-state index contributed by atoms with van der Waals surface area (Å²) in [4.78, 5) is 39.7. The number of anilines is 1. The Morgan fingerprint density at radius 2 is 1.84 bits per heavy atom. The number of amides is 2. The Kier molecular flexibility index (Phi) is 6.32. The molecule has 3 aromatic rings. The van der Waals surface area contributed by atoms with Crippen molar-refractivity contribution in [1.29, 1.82) is 0 Å². The Balaban J connectivity index is 1.49. The lowest BCUT2D eigenvalue weighted by atomic mass is 10.1. The molecule has 1 aromatic heterocycles. The van der Waals surface area contributed by atoms with Gasteiger partial charge in [-0.05, 0) is 25.1 Å². The molecule has 0 saturated carbocycles. The number of rotatable bonds is 7. The molecule has 166 valence electrons. The van der Waals surface area contributed by atoms with E-state index >= 15 is 0 Å². The van der Waals surface area contributed by atoms with Crippen LogP contribution in [0.3, 0.4) is 0 Å². The van der Waals surface area contributed by atoms with Gasteiger partial charge in [0, 0.05) is 31.1 Å². The summed E-state index contributed by atoms with van der Waals surface area (Å²) in [6.45, 7) is 3.18. The average molecular weight is 434 g/mol. The van der Waals surface area contributed by atoms with Crippen molar-refractivity contribution in [2.24, 2.45) is 5.92 Å². The summed E-state index contributed by atoms with van der Waals surface area (Å²) in [5.41, 5.74) is 2.32. The zero-order valence-electron chi connectivity index (χ0n) is 18.2. The highest BCUT2D eigenvalue weighted by atomic mass is 16.5. The molecule has 8 heteroatoms. The number of nitrogens with one attached hydrogen (secondary N) is 1. The number of carbonyl (C=O) groups is 2. The van der Waals surface area contributed by atoms with Gasteiger partial charge in [-0.1, -0.05) is 35.9 Å². The van der Waals surface area contributed by atoms with Crippen molar-refractivity contribution in [3.63, 3.8) is 0 Å². The van der Waals surface area contributed by atoms with Crippen molar-refractivity contribution in [2.75, 3.05) is 25.2 Å². The highest BCUT2D eigenvalue weighted by Crippen LogP contribution is 2.25. The van der Waals surface area contributed by atoms with Crippen molar-refractivity contribution >= 4 is 28.3 Å². The first-order valence-electron chi connectivity index (χ1n) is 10.6. The van der Waals surface area contributed by atoms with E-state index < -0.39 is 5.92 Å². The van der Waals surface area contributed by atoms with Crippen molar-refractivity contribution in [1.82, 2.24) is 15.1 Å². The molecule has 1 aliphatic heterocycles. The third-order valence-corrected chi connectivity index (χ3v) is 5.72. The fraction of sp³-hybridized carbons (Fsp3) is 0.333. The van der Waals surface area contributed by atoms with E-state index in [9.17, 15) is 14.4 Å². The van der Waals surface area contributed by atoms with Gasteiger partial charge in [-0.25, -0.2) is 4.68 Å². The maximum absolute atomic E-state index is 12.8. The van der Waals surface area contributed by atoms with Crippen molar-refractivity contribution < 1.29 is 14.3 Å². The minimum Gasteiger partial charge on any atom is -0.383 e. The molecule has 4 rings (SSSR count). The maximum atomic E-state index is 12.8. The second-order valence-electron chi connectivity index (χ2n) is 7.97. The lowest BCUT2D eigenvalue weighted by Gasteiger charge is -2.17. The van der Waals surface area contributed by atoms with Crippen molar-refractivity contribution in [3.8, 4) is 0 Å². The Hall–Kier alpha value is -3.52. The van der Waals surface area contributed by atoms with Gasteiger partial charge in [0.1, 0.15) is 0 Å². The second kappa shape index (κ2) is 9.32. The predicted octanol–water partition coefficient (Wildman–Crippen LogP) is 2.02. The topological polar surface area (TPSA) is 93.5 Å². The summed E-state index contributed by atoms with van der Waals surface area (Å²) in [5, 5.41) is 8.61. The van der Waals surface area contributed by atoms with Crippen LogP contribution in [-0.4, -0.2) is 41.9 Å². The Labute approximate surface area is 185 Å². The molecule has 0 bridgehead atoms. The fourth-order valence-corrected chi connectivity index (χ4v) is 3.94.